The Morgan fingerprint density at radius 1 is 0.812 bits per heavy atom. The van der Waals surface area contributed by atoms with Crippen LogP contribution in [0.2, 0.25) is 0 Å². The van der Waals surface area contributed by atoms with Gasteiger partial charge in [-0.05, 0) is 13.8 Å². The van der Waals surface area contributed by atoms with Crippen LogP contribution >= 0.6 is 23.2 Å². The standard InChI is InChI=1S/C10H20Cl2N2O2/c1-7(9(11)15)13-3-5-14(6-4-13)8(2)10(12)16/h7-10,15-16H,3-6H2,1-2H3. The van der Waals surface area contributed by atoms with Crippen molar-refractivity contribution in [2.24, 2.45) is 0 Å². The van der Waals surface area contributed by atoms with Crippen molar-refractivity contribution in [1.29, 1.82) is 0 Å². The molecule has 0 aromatic rings. The molecule has 16 heavy (non-hydrogen) atoms. The van der Waals surface area contributed by atoms with Crippen molar-refractivity contribution in [1.82, 2.24) is 9.80 Å². The number of aliphatic hydroxyl groups excluding tert-OH is 2. The van der Waals surface area contributed by atoms with Gasteiger partial charge in [0.2, 0.25) is 0 Å². The molecule has 0 bridgehead atoms. The quantitative estimate of drug-likeness (QED) is 0.731. The molecule has 0 aromatic carbocycles. The first-order chi connectivity index (χ1) is 7.43. The summed E-state index contributed by atoms with van der Waals surface area (Å²) >= 11 is 11.3. The Labute approximate surface area is 107 Å². The van der Waals surface area contributed by atoms with Crippen LogP contribution in [0.4, 0.5) is 0 Å². The first kappa shape index (κ1) is 14.5. The molecule has 6 heteroatoms. The van der Waals surface area contributed by atoms with Crippen LogP contribution in [-0.4, -0.2) is 69.4 Å². The van der Waals surface area contributed by atoms with Gasteiger partial charge < -0.3 is 10.2 Å². The zero-order valence-corrected chi connectivity index (χ0v) is 11.2. The molecule has 4 atom stereocenters. The number of hydrogen-bond donors (Lipinski definition) is 2. The van der Waals surface area contributed by atoms with Gasteiger partial charge in [0.25, 0.3) is 0 Å². The van der Waals surface area contributed by atoms with E-state index in [0.29, 0.717) is 0 Å². The van der Waals surface area contributed by atoms with E-state index in [9.17, 15) is 10.2 Å². The smallest absolute Gasteiger partial charge is 0.143 e. The molecular formula is C10H20Cl2N2O2. The van der Waals surface area contributed by atoms with Gasteiger partial charge in [-0.25, -0.2) is 0 Å². The van der Waals surface area contributed by atoms with Crippen molar-refractivity contribution in [2.45, 2.75) is 37.1 Å². The highest BCUT2D eigenvalue weighted by Gasteiger charge is 2.28. The van der Waals surface area contributed by atoms with Crippen molar-refractivity contribution >= 4 is 23.2 Å². The summed E-state index contributed by atoms with van der Waals surface area (Å²) in [4.78, 5) is 4.28. The molecule has 1 saturated heterocycles. The molecule has 0 spiro atoms. The molecule has 1 rings (SSSR count). The molecule has 1 fully saturated rings. The highest BCUT2D eigenvalue weighted by molar-refractivity contribution is 6.20. The zero-order chi connectivity index (χ0) is 12.3. The minimum absolute atomic E-state index is 0.0416. The van der Waals surface area contributed by atoms with Crippen LogP contribution in [-0.2, 0) is 0 Å². The summed E-state index contributed by atoms with van der Waals surface area (Å²) in [6.07, 6.45) is 0. The van der Waals surface area contributed by atoms with Gasteiger partial charge >= 0.3 is 0 Å². The Balaban J connectivity index is 2.39. The average Bonchev–Trinajstić information content (AvgIpc) is 2.27. The molecule has 0 radical (unpaired) electrons. The Kier molecular flexibility index (Phi) is 5.77. The maximum Gasteiger partial charge on any atom is 0.143 e. The van der Waals surface area contributed by atoms with Gasteiger partial charge in [0.1, 0.15) is 11.1 Å². The van der Waals surface area contributed by atoms with E-state index in [2.05, 4.69) is 9.80 Å². The fourth-order valence-corrected chi connectivity index (χ4v) is 2.22. The first-order valence-corrected chi connectivity index (χ1v) is 6.43. The summed E-state index contributed by atoms with van der Waals surface area (Å²) in [7, 11) is 0. The normalized spacial score (nSPS) is 27.4. The van der Waals surface area contributed by atoms with Gasteiger partial charge in [-0.15, -0.1) is 0 Å². The molecule has 1 aliphatic rings. The molecular weight excluding hydrogens is 251 g/mol. The van der Waals surface area contributed by atoms with Crippen molar-refractivity contribution < 1.29 is 10.2 Å². The minimum Gasteiger partial charge on any atom is -0.376 e. The van der Waals surface area contributed by atoms with Crippen LogP contribution in [0.1, 0.15) is 13.8 Å². The lowest BCUT2D eigenvalue weighted by Gasteiger charge is -2.41. The van der Waals surface area contributed by atoms with Crippen LogP contribution in [0.15, 0.2) is 0 Å². The second-order valence-electron chi connectivity index (χ2n) is 4.30. The summed E-state index contributed by atoms with van der Waals surface area (Å²) in [5.41, 5.74) is -1.66. The van der Waals surface area contributed by atoms with Gasteiger partial charge in [0, 0.05) is 38.3 Å². The van der Waals surface area contributed by atoms with Gasteiger partial charge in [-0.2, -0.15) is 0 Å². The third-order valence-corrected chi connectivity index (χ3v) is 4.03. The number of piperazine rings is 1. The van der Waals surface area contributed by atoms with Gasteiger partial charge in [0.05, 0.1) is 0 Å². The molecule has 4 unspecified atom stereocenters. The van der Waals surface area contributed by atoms with Crippen LogP contribution in [0, 0.1) is 0 Å². The molecule has 96 valence electrons. The molecule has 4 nitrogen and oxygen atoms in total. The molecule has 1 aliphatic heterocycles. The number of hydrogen-bond acceptors (Lipinski definition) is 4. The largest absolute Gasteiger partial charge is 0.376 e. The number of alkyl halides is 2. The predicted molar refractivity (Wildman–Crippen MR) is 65.8 cm³/mol. The second-order valence-corrected chi connectivity index (χ2v) is 5.19. The van der Waals surface area contributed by atoms with Crippen molar-refractivity contribution in [3.63, 3.8) is 0 Å². The minimum atomic E-state index is -0.831. The van der Waals surface area contributed by atoms with Gasteiger partial charge in [0.15, 0.2) is 0 Å². The summed E-state index contributed by atoms with van der Waals surface area (Å²) in [6.45, 7) is 7.15. The monoisotopic (exact) mass is 270 g/mol. The lowest BCUT2D eigenvalue weighted by molar-refractivity contribution is 0.0261. The Morgan fingerprint density at radius 2 is 1.06 bits per heavy atom. The summed E-state index contributed by atoms with van der Waals surface area (Å²) in [5.74, 6) is 0. The van der Waals surface area contributed by atoms with Gasteiger partial charge in [-0.1, -0.05) is 23.2 Å². The lowest BCUT2D eigenvalue weighted by Crippen LogP contribution is -2.55. The molecule has 0 amide bonds. The van der Waals surface area contributed by atoms with E-state index in [1.807, 2.05) is 13.8 Å². The Hall–Kier alpha value is 0.420. The van der Waals surface area contributed by atoms with E-state index in [1.165, 1.54) is 0 Å². The van der Waals surface area contributed by atoms with Crippen LogP contribution < -0.4 is 0 Å². The Morgan fingerprint density at radius 3 is 1.25 bits per heavy atom. The molecule has 2 N–H and O–H groups in total. The summed E-state index contributed by atoms with van der Waals surface area (Å²) in [6, 6.07) is -0.0832. The third kappa shape index (κ3) is 3.72. The maximum atomic E-state index is 9.29. The summed E-state index contributed by atoms with van der Waals surface area (Å²) < 4.78 is 0. The van der Waals surface area contributed by atoms with Crippen molar-refractivity contribution in [2.75, 3.05) is 26.2 Å². The number of nitrogens with zero attached hydrogens (tertiary/aromatic N) is 2. The SMILES string of the molecule is CC(C(O)Cl)N1CCN(C(C)C(O)Cl)CC1. The fraction of sp³-hybridized carbons (Fsp3) is 1.00. The second kappa shape index (κ2) is 6.38. The predicted octanol–water partition coefficient (Wildman–Crippen LogP) is 0.495. The highest BCUT2D eigenvalue weighted by atomic mass is 35.5. The topological polar surface area (TPSA) is 46.9 Å². The van der Waals surface area contributed by atoms with Crippen molar-refractivity contribution in [3.8, 4) is 0 Å². The third-order valence-electron chi connectivity index (χ3n) is 3.30. The van der Waals surface area contributed by atoms with E-state index < -0.39 is 11.1 Å². The van der Waals surface area contributed by atoms with Crippen molar-refractivity contribution in [3.05, 3.63) is 0 Å². The number of rotatable bonds is 4. The van der Waals surface area contributed by atoms with E-state index in [0.717, 1.165) is 26.2 Å². The van der Waals surface area contributed by atoms with Crippen LogP contribution in [0.5, 0.6) is 0 Å². The fourth-order valence-electron chi connectivity index (χ4n) is 1.90. The lowest BCUT2D eigenvalue weighted by atomic mass is 10.2. The molecule has 0 aliphatic carbocycles. The molecule has 0 aromatic heterocycles. The molecule has 0 saturated carbocycles. The first-order valence-electron chi connectivity index (χ1n) is 5.56. The molecule has 1 heterocycles. The Bertz CT molecular complexity index is 187. The average molecular weight is 271 g/mol. The maximum absolute atomic E-state index is 9.29. The van der Waals surface area contributed by atoms with E-state index in [4.69, 9.17) is 23.2 Å². The van der Waals surface area contributed by atoms with E-state index in [1.54, 1.807) is 0 Å². The summed E-state index contributed by atoms with van der Waals surface area (Å²) in [5, 5.41) is 18.6. The van der Waals surface area contributed by atoms with Gasteiger partial charge in [-0.3, -0.25) is 9.80 Å². The highest BCUT2D eigenvalue weighted by Crippen LogP contribution is 2.15. The number of halogens is 2. The van der Waals surface area contributed by atoms with E-state index in [-0.39, 0.29) is 12.1 Å². The van der Waals surface area contributed by atoms with Crippen LogP contribution in [0.3, 0.4) is 0 Å². The zero-order valence-electron chi connectivity index (χ0n) is 9.68. The number of aliphatic hydroxyl groups is 2. The van der Waals surface area contributed by atoms with Crippen LogP contribution in [0.25, 0.3) is 0 Å². The van der Waals surface area contributed by atoms with E-state index >= 15 is 0 Å².